The Balaban J connectivity index is 1.48. The van der Waals surface area contributed by atoms with Crippen molar-refractivity contribution in [3.05, 3.63) is 41.8 Å². The SMILES string of the molecule is C=CCOc1cc(C(=O)NCC2(CN3CCCC3)CCOCC2)cc2sccc12. The molecule has 0 spiro atoms. The molecule has 0 aliphatic carbocycles. The van der Waals surface area contributed by atoms with Gasteiger partial charge in [-0.15, -0.1) is 11.3 Å². The van der Waals surface area contributed by atoms with E-state index in [1.54, 1.807) is 17.4 Å². The van der Waals surface area contributed by atoms with Gasteiger partial charge in [0.2, 0.25) is 0 Å². The summed E-state index contributed by atoms with van der Waals surface area (Å²) in [7, 11) is 0. The Hall–Kier alpha value is -1.89. The minimum absolute atomic E-state index is 0.0314. The third-order valence-electron chi connectivity index (χ3n) is 6.09. The third-order valence-corrected chi connectivity index (χ3v) is 6.95. The fraction of sp³-hybridized carbons (Fsp3) is 0.522. The first-order valence-corrected chi connectivity index (χ1v) is 11.4. The summed E-state index contributed by atoms with van der Waals surface area (Å²) in [5.74, 6) is 0.711. The molecule has 0 radical (unpaired) electrons. The van der Waals surface area contributed by atoms with Crippen LogP contribution in [0.3, 0.4) is 0 Å². The molecule has 0 unspecified atom stereocenters. The predicted octanol–water partition coefficient (Wildman–Crippen LogP) is 4.09. The summed E-state index contributed by atoms with van der Waals surface area (Å²) in [5.41, 5.74) is 0.760. The minimum atomic E-state index is -0.0314. The van der Waals surface area contributed by atoms with Gasteiger partial charge in [0.05, 0.1) is 0 Å². The van der Waals surface area contributed by atoms with Crippen LogP contribution in [0.1, 0.15) is 36.0 Å². The molecule has 3 heterocycles. The maximum Gasteiger partial charge on any atom is 0.251 e. The zero-order valence-electron chi connectivity index (χ0n) is 17.0. The van der Waals surface area contributed by atoms with Crippen molar-refractivity contribution in [1.82, 2.24) is 10.2 Å². The number of likely N-dealkylation sites (tertiary alicyclic amines) is 1. The highest BCUT2D eigenvalue weighted by molar-refractivity contribution is 7.17. The molecule has 1 amide bonds. The van der Waals surface area contributed by atoms with Crippen LogP contribution in [0, 0.1) is 5.41 Å². The molecule has 2 aromatic rings. The number of hydrogen-bond acceptors (Lipinski definition) is 5. The number of nitrogens with one attached hydrogen (secondary N) is 1. The van der Waals surface area contributed by atoms with E-state index in [-0.39, 0.29) is 11.3 Å². The molecule has 4 rings (SSSR count). The maximum absolute atomic E-state index is 13.0. The molecule has 2 aliphatic heterocycles. The number of carbonyl (C=O) groups excluding carboxylic acids is 1. The lowest BCUT2D eigenvalue weighted by Crippen LogP contribution is -2.48. The van der Waals surface area contributed by atoms with Crippen molar-refractivity contribution in [2.45, 2.75) is 25.7 Å². The molecule has 0 atom stereocenters. The van der Waals surface area contributed by atoms with Crippen LogP contribution in [0.5, 0.6) is 5.75 Å². The van der Waals surface area contributed by atoms with E-state index in [1.807, 2.05) is 23.6 Å². The van der Waals surface area contributed by atoms with Crippen LogP contribution in [0.2, 0.25) is 0 Å². The zero-order chi connectivity index (χ0) is 20.1. The van der Waals surface area contributed by atoms with Crippen molar-refractivity contribution < 1.29 is 14.3 Å². The number of thiophene rings is 1. The van der Waals surface area contributed by atoms with E-state index in [2.05, 4.69) is 16.8 Å². The van der Waals surface area contributed by atoms with Crippen molar-refractivity contribution >= 4 is 27.3 Å². The summed E-state index contributed by atoms with van der Waals surface area (Å²) >= 11 is 1.62. The first-order valence-electron chi connectivity index (χ1n) is 10.5. The first-order chi connectivity index (χ1) is 14.2. The normalized spacial score (nSPS) is 19.3. The number of fused-ring (bicyclic) bond motifs is 1. The molecule has 29 heavy (non-hydrogen) atoms. The molecule has 2 fully saturated rings. The second-order valence-corrected chi connectivity index (χ2v) is 9.13. The molecule has 156 valence electrons. The molecule has 0 bridgehead atoms. The summed E-state index contributed by atoms with van der Waals surface area (Å²) < 4.78 is 12.5. The Labute approximate surface area is 176 Å². The van der Waals surface area contributed by atoms with Crippen LogP contribution in [-0.2, 0) is 4.74 Å². The number of benzene rings is 1. The Morgan fingerprint density at radius 1 is 1.31 bits per heavy atom. The number of ether oxygens (including phenoxy) is 2. The lowest BCUT2D eigenvalue weighted by Gasteiger charge is -2.40. The lowest BCUT2D eigenvalue weighted by molar-refractivity contribution is -0.000628. The molecule has 2 saturated heterocycles. The van der Waals surface area contributed by atoms with Gasteiger partial charge < -0.3 is 19.7 Å². The Bertz CT molecular complexity index is 851. The van der Waals surface area contributed by atoms with E-state index in [4.69, 9.17) is 9.47 Å². The summed E-state index contributed by atoms with van der Waals surface area (Å²) in [5, 5.41) is 6.30. The summed E-state index contributed by atoms with van der Waals surface area (Å²) in [6.07, 6.45) is 6.29. The van der Waals surface area contributed by atoms with Crippen LogP contribution in [0.25, 0.3) is 10.1 Å². The molecule has 1 N–H and O–H groups in total. The van der Waals surface area contributed by atoms with Gasteiger partial charge in [0.1, 0.15) is 12.4 Å². The average Bonchev–Trinajstić information content (AvgIpc) is 3.42. The van der Waals surface area contributed by atoms with Gasteiger partial charge in [-0.25, -0.2) is 0 Å². The number of amides is 1. The zero-order valence-corrected chi connectivity index (χ0v) is 17.8. The highest BCUT2D eigenvalue weighted by atomic mass is 32.1. The van der Waals surface area contributed by atoms with Gasteiger partial charge in [0.25, 0.3) is 5.91 Å². The van der Waals surface area contributed by atoms with Gasteiger partial charge in [-0.3, -0.25) is 4.79 Å². The number of hydrogen-bond donors (Lipinski definition) is 1. The van der Waals surface area contributed by atoms with Crippen molar-refractivity contribution in [1.29, 1.82) is 0 Å². The topological polar surface area (TPSA) is 50.8 Å². The highest BCUT2D eigenvalue weighted by Gasteiger charge is 2.35. The van der Waals surface area contributed by atoms with Crippen LogP contribution >= 0.6 is 11.3 Å². The fourth-order valence-corrected chi connectivity index (χ4v) is 5.26. The first kappa shape index (κ1) is 20.4. The van der Waals surface area contributed by atoms with Gasteiger partial charge in [0, 0.05) is 47.4 Å². The monoisotopic (exact) mass is 414 g/mol. The van der Waals surface area contributed by atoms with Gasteiger partial charge in [-0.2, -0.15) is 0 Å². The van der Waals surface area contributed by atoms with Crippen molar-refractivity contribution in [3.8, 4) is 5.75 Å². The molecular formula is C23H30N2O3S. The van der Waals surface area contributed by atoms with Crippen molar-refractivity contribution in [3.63, 3.8) is 0 Å². The van der Waals surface area contributed by atoms with Gasteiger partial charge in [-0.1, -0.05) is 12.7 Å². The highest BCUT2D eigenvalue weighted by Crippen LogP contribution is 2.34. The number of rotatable bonds is 8. The third kappa shape index (κ3) is 4.82. The van der Waals surface area contributed by atoms with Gasteiger partial charge in [0.15, 0.2) is 0 Å². The van der Waals surface area contributed by atoms with E-state index in [9.17, 15) is 4.79 Å². The average molecular weight is 415 g/mol. The van der Waals surface area contributed by atoms with Crippen LogP contribution in [0.4, 0.5) is 0 Å². The van der Waals surface area contributed by atoms with E-state index in [0.717, 1.165) is 48.4 Å². The standard InChI is InChI=1S/C23H30N2O3S/c1-2-10-28-20-14-18(15-21-19(20)5-13-29-21)22(26)24-16-23(6-11-27-12-7-23)17-25-8-3-4-9-25/h2,5,13-15H,1,3-4,6-12,16-17H2,(H,24,26). The Morgan fingerprint density at radius 2 is 2.10 bits per heavy atom. The maximum atomic E-state index is 13.0. The molecule has 1 aromatic heterocycles. The number of nitrogens with zero attached hydrogens (tertiary/aromatic N) is 1. The van der Waals surface area contributed by atoms with Crippen molar-refractivity contribution in [2.24, 2.45) is 5.41 Å². The Morgan fingerprint density at radius 3 is 2.86 bits per heavy atom. The molecule has 2 aliphatic rings. The molecule has 5 nitrogen and oxygen atoms in total. The minimum Gasteiger partial charge on any atom is -0.489 e. The summed E-state index contributed by atoms with van der Waals surface area (Å²) in [6, 6.07) is 5.85. The largest absolute Gasteiger partial charge is 0.489 e. The number of carbonyl (C=O) groups is 1. The summed E-state index contributed by atoms with van der Waals surface area (Å²) in [6.45, 7) is 9.80. The van der Waals surface area contributed by atoms with Crippen molar-refractivity contribution in [2.75, 3.05) is 46.0 Å². The second kappa shape index (κ2) is 9.28. The van der Waals surface area contributed by atoms with E-state index in [1.165, 1.54) is 25.9 Å². The Kier molecular flexibility index (Phi) is 6.53. The predicted molar refractivity (Wildman–Crippen MR) is 118 cm³/mol. The van der Waals surface area contributed by atoms with E-state index < -0.39 is 0 Å². The van der Waals surface area contributed by atoms with Crippen LogP contribution in [0.15, 0.2) is 36.2 Å². The molecular weight excluding hydrogens is 384 g/mol. The summed E-state index contributed by atoms with van der Waals surface area (Å²) in [4.78, 5) is 15.6. The lowest BCUT2D eigenvalue weighted by atomic mass is 9.79. The smallest absolute Gasteiger partial charge is 0.251 e. The second-order valence-electron chi connectivity index (χ2n) is 8.18. The van der Waals surface area contributed by atoms with Crippen LogP contribution in [-0.4, -0.2) is 56.8 Å². The molecule has 0 saturated carbocycles. The quantitative estimate of drug-likeness (QED) is 0.661. The fourth-order valence-electron chi connectivity index (χ4n) is 4.42. The van der Waals surface area contributed by atoms with E-state index >= 15 is 0 Å². The van der Waals surface area contributed by atoms with Gasteiger partial charge in [-0.05, 0) is 62.4 Å². The molecule has 1 aromatic carbocycles. The molecule has 6 heteroatoms. The van der Waals surface area contributed by atoms with Gasteiger partial charge >= 0.3 is 0 Å². The van der Waals surface area contributed by atoms with E-state index in [0.29, 0.717) is 18.7 Å². The van der Waals surface area contributed by atoms with Crippen LogP contribution < -0.4 is 10.1 Å².